The topological polar surface area (TPSA) is 17.3 Å². The second-order valence-electron chi connectivity index (χ2n) is 12.0. The van der Waals surface area contributed by atoms with Crippen LogP contribution in [0.1, 0.15) is 11.1 Å². The fraction of sp³-hybridized carbons (Fsp3) is 0.0227. The first-order valence-corrected chi connectivity index (χ1v) is 16.8. The number of nitrogens with zero attached hydrogens (tertiary/aromatic N) is 2. The number of thiophene rings is 1. The Hall–Kier alpha value is -5.77. The van der Waals surface area contributed by atoms with Gasteiger partial charge in [-0.25, -0.2) is 0 Å². The monoisotopic (exact) mass is 618 g/mol. The zero-order chi connectivity index (χ0) is 31.2. The van der Waals surface area contributed by atoms with Crippen LogP contribution in [-0.4, -0.2) is 10.8 Å². The highest BCUT2D eigenvalue weighted by atomic mass is 32.1. The van der Waals surface area contributed by atoms with Crippen molar-refractivity contribution in [2.45, 2.75) is 6.54 Å². The summed E-state index contributed by atoms with van der Waals surface area (Å²) >= 11 is 1.86. The second-order valence-corrected chi connectivity index (χ2v) is 13.1. The molecule has 9 rings (SSSR count). The Balaban J connectivity index is 1.04. The molecule has 2 heterocycles. The molecular formula is C44H30N2S. The third-order valence-electron chi connectivity index (χ3n) is 9.08. The van der Waals surface area contributed by atoms with Crippen LogP contribution < -0.4 is 0 Å². The number of benzene rings is 7. The van der Waals surface area contributed by atoms with Gasteiger partial charge in [0.1, 0.15) is 0 Å². The van der Waals surface area contributed by atoms with Crippen molar-refractivity contribution >= 4 is 59.5 Å². The molecule has 0 amide bonds. The molecule has 222 valence electrons. The highest BCUT2D eigenvalue weighted by molar-refractivity contribution is 7.25. The van der Waals surface area contributed by atoms with Gasteiger partial charge in [0.2, 0.25) is 0 Å². The van der Waals surface area contributed by atoms with Crippen molar-refractivity contribution in [3.63, 3.8) is 0 Å². The van der Waals surface area contributed by atoms with Gasteiger partial charge in [-0.15, -0.1) is 11.3 Å². The van der Waals surface area contributed by atoms with E-state index in [0.717, 1.165) is 11.3 Å². The van der Waals surface area contributed by atoms with Gasteiger partial charge in [-0.1, -0.05) is 115 Å². The molecule has 0 atom stereocenters. The Labute approximate surface area is 277 Å². The van der Waals surface area contributed by atoms with E-state index in [2.05, 4.69) is 162 Å². The average Bonchev–Trinajstić information content (AvgIpc) is 3.67. The molecule has 0 fully saturated rings. The Morgan fingerprint density at radius 3 is 2.00 bits per heavy atom. The Morgan fingerprint density at radius 1 is 0.468 bits per heavy atom. The number of para-hydroxylation sites is 1. The molecule has 0 saturated carbocycles. The molecule has 0 radical (unpaired) electrons. The van der Waals surface area contributed by atoms with E-state index in [-0.39, 0.29) is 0 Å². The summed E-state index contributed by atoms with van der Waals surface area (Å²) in [7, 11) is 0. The van der Waals surface area contributed by atoms with Gasteiger partial charge in [0.05, 0.1) is 17.6 Å². The molecule has 3 heteroatoms. The lowest BCUT2D eigenvalue weighted by Crippen LogP contribution is -1.95. The summed E-state index contributed by atoms with van der Waals surface area (Å²) in [6.45, 7) is 0.620. The summed E-state index contributed by atoms with van der Waals surface area (Å²) in [5.41, 5.74) is 10.8. The zero-order valence-corrected chi connectivity index (χ0v) is 26.5. The van der Waals surface area contributed by atoms with Crippen molar-refractivity contribution in [2.75, 3.05) is 0 Å². The average molecular weight is 619 g/mol. The molecule has 0 saturated heterocycles. The predicted octanol–water partition coefficient (Wildman–Crippen LogP) is 12.1. The quantitative estimate of drug-likeness (QED) is 0.165. The molecule has 47 heavy (non-hydrogen) atoms. The maximum Gasteiger partial charge on any atom is 0.0640 e. The van der Waals surface area contributed by atoms with Crippen LogP contribution in [0.25, 0.3) is 69.9 Å². The zero-order valence-electron chi connectivity index (χ0n) is 25.7. The van der Waals surface area contributed by atoms with Crippen LogP contribution in [0.2, 0.25) is 0 Å². The molecule has 0 N–H and O–H groups in total. The van der Waals surface area contributed by atoms with Crippen LogP contribution in [0.3, 0.4) is 0 Å². The van der Waals surface area contributed by atoms with E-state index < -0.39 is 0 Å². The first-order chi connectivity index (χ1) is 23.3. The maximum absolute atomic E-state index is 4.81. The van der Waals surface area contributed by atoms with E-state index in [1.54, 1.807) is 0 Å². The van der Waals surface area contributed by atoms with Crippen molar-refractivity contribution in [3.05, 3.63) is 175 Å². The standard InChI is InChI=1S/C44H30N2S/c1-2-10-32(11-3-1)33-19-17-30(18-20-33)28-45-29-31-9-8-12-36(25-31)46-41-15-6-4-13-37(41)39-26-34(21-23-42(39)46)35-22-24-44-40(27-35)38-14-5-7-16-43(38)47-44/h1-28H,29H2/b45-28+. The first kappa shape index (κ1) is 27.5. The summed E-state index contributed by atoms with van der Waals surface area (Å²) in [6.07, 6.45) is 1.97. The molecule has 0 aliphatic heterocycles. The summed E-state index contributed by atoms with van der Waals surface area (Å²) < 4.78 is 5.06. The van der Waals surface area contributed by atoms with Crippen LogP contribution in [0.4, 0.5) is 0 Å². The van der Waals surface area contributed by atoms with Crippen molar-refractivity contribution in [1.29, 1.82) is 0 Å². The van der Waals surface area contributed by atoms with Crippen LogP contribution >= 0.6 is 11.3 Å². The van der Waals surface area contributed by atoms with Crippen molar-refractivity contribution in [3.8, 4) is 27.9 Å². The van der Waals surface area contributed by atoms with E-state index in [4.69, 9.17) is 4.99 Å². The summed E-state index contributed by atoms with van der Waals surface area (Å²) in [6, 6.07) is 59.1. The molecule has 0 spiro atoms. The SMILES string of the molecule is C(=N\Cc1cccc(-n2c3ccccc3c3cc(-c4ccc5sc6ccccc6c5c4)ccc32)c1)/c1ccc(-c2ccccc2)cc1. The van der Waals surface area contributed by atoms with E-state index in [0.29, 0.717) is 6.54 Å². The van der Waals surface area contributed by atoms with E-state index >= 15 is 0 Å². The van der Waals surface area contributed by atoms with Gasteiger partial charge in [0.25, 0.3) is 0 Å². The molecule has 2 aromatic heterocycles. The van der Waals surface area contributed by atoms with Gasteiger partial charge < -0.3 is 4.57 Å². The lowest BCUT2D eigenvalue weighted by Gasteiger charge is -2.10. The van der Waals surface area contributed by atoms with Crippen LogP contribution in [0, 0.1) is 0 Å². The van der Waals surface area contributed by atoms with Crippen molar-refractivity contribution < 1.29 is 0 Å². The molecule has 7 aromatic carbocycles. The number of aromatic nitrogens is 1. The lowest BCUT2D eigenvalue weighted by atomic mass is 10.0. The fourth-order valence-corrected chi connectivity index (χ4v) is 7.87. The molecular weight excluding hydrogens is 589 g/mol. The Morgan fingerprint density at radius 2 is 1.13 bits per heavy atom. The smallest absolute Gasteiger partial charge is 0.0640 e. The van der Waals surface area contributed by atoms with Crippen LogP contribution in [-0.2, 0) is 6.54 Å². The van der Waals surface area contributed by atoms with Gasteiger partial charge in [0, 0.05) is 42.8 Å². The highest BCUT2D eigenvalue weighted by Gasteiger charge is 2.14. The Kier molecular flexibility index (Phi) is 6.76. The first-order valence-electron chi connectivity index (χ1n) is 16.0. The third kappa shape index (κ3) is 5.02. The summed E-state index contributed by atoms with van der Waals surface area (Å²) in [5, 5.41) is 5.18. The van der Waals surface area contributed by atoms with Crippen LogP contribution in [0.5, 0.6) is 0 Å². The normalized spacial score (nSPS) is 11.8. The minimum atomic E-state index is 0.620. The van der Waals surface area contributed by atoms with Gasteiger partial charge >= 0.3 is 0 Å². The highest BCUT2D eigenvalue weighted by Crippen LogP contribution is 2.39. The van der Waals surface area contributed by atoms with E-state index in [1.165, 1.54) is 69.8 Å². The number of hydrogen-bond acceptors (Lipinski definition) is 2. The minimum absolute atomic E-state index is 0.620. The second kappa shape index (κ2) is 11.5. The molecule has 2 nitrogen and oxygen atoms in total. The summed E-state index contributed by atoms with van der Waals surface area (Å²) in [5.74, 6) is 0. The number of aliphatic imine (C=N–C) groups is 1. The molecule has 0 aliphatic rings. The lowest BCUT2D eigenvalue weighted by molar-refractivity contribution is 1.06. The number of fused-ring (bicyclic) bond motifs is 6. The largest absolute Gasteiger partial charge is 0.309 e. The van der Waals surface area contributed by atoms with E-state index in [9.17, 15) is 0 Å². The molecule has 0 bridgehead atoms. The maximum atomic E-state index is 4.81. The van der Waals surface area contributed by atoms with Gasteiger partial charge in [0.15, 0.2) is 0 Å². The van der Waals surface area contributed by atoms with Crippen molar-refractivity contribution in [2.24, 2.45) is 4.99 Å². The van der Waals surface area contributed by atoms with Gasteiger partial charge in [-0.3, -0.25) is 4.99 Å². The van der Waals surface area contributed by atoms with Gasteiger partial charge in [-0.05, 0) is 81.9 Å². The van der Waals surface area contributed by atoms with Crippen LogP contribution in [0.15, 0.2) is 169 Å². The third-order valence-corrected chi connectivity index (χ3v) is 10.2. The molecule has 0 aliphatic carbocycles. The minimum Gasteiger partial charge on any atom is -0.309 e. The van der Waals surface area contributed by atoms with Crippen molar-refractivity contribution in [1.82, 2.24) is 4.57 Å². The van der Waals surface area contributed by atoms with Gasteiger partial charge in [-0.2, -0.15) is 0 Å². The molecule has 9 aromatic rings. The number of rotatable bonds is 6. The fourth-order valence-electron chi connectivity index (χ4n) is 6.78. The molecule has 0 unspecified atom stereocenters. The van der Waals surface area contributed by atoms with E-state index in [1.807, 2.05) is 23.6 Å². The summed E-state index contributed by atoms with van der Waals surface area (Å²) in [4.78, 5) is 4.81. The number of hydrogen-bond donors (Lipinski definition) is 0. The predicted molar refractivity (Wildman–Crippen MR) is 202 cm³/mol. The Bertz CT molecular complexity index is 2590.